The molecule has 0 saturated heterocycles. The molecular weight excluding hydrogens is 482 g/mol. The van der Waals surface area contributed by atoms with Gasteiger partial charge in [0.1, 0.15) is 6.29 Å². The van der Waals surface area contributed by atoms with Crippen molar-refractivity contribution in [2.45, 2.75) is 30.8 Å². The van der Waals surface area contributed by atoms with Crippen molar-refractivity contribution in [2.24, 2.45) is 17.2 Å². The molecular formula is C28H37N7O3. The van der Waals surface area contributed by atoms with Gasteiger partial charge in [0.15, 0.2) is 0 Å². The number of aryl methyl sites for hydroxylation is 1. The normalized spacial score (nSPS) is 13.4. The quantitative estimate of drug-likeness (QED) is 0.184. The zero-order chi connectivity index (χ0) is 27.4. The number of pyridine rings is 1. The highest BCUT2D eigenvalue weighted by atomic mass is 16.2. The predicted molar refractivity (Wildman–Crippen MR) is 149 cm³/mol. The van der Waals surface area contributed by atoms with Crippen LogP contribution in [0.4, 0.5) is 5.69 Å². The topological polar surface area (TPSA) is 169 Å². The highest BCUT2D eigenvalue weighted by molar-refractivity contribution is 5.96. The van der Waals surface area contributed by atoms with E-state index in [9.17, 15) is 14.4 Å². The van der Waals surface area contributed by atoms with Gasteiger partial charge in [0.05, 0.1) is 35.4 Å². The summed E-state index contributed by atoms with van der Waals surface area (Å²) in [5, 5.41) is 6.96. The first-order chi connectivity index (χ1) is 18.4. The minimum Gasteiger partial charge on any atom is -0.340 e. The van der Waals surface area contributed by atoms with Gasteiger partial charge >= 0.3 is 0 Å². The van der Waals surface area contributed by atoms with Gasteiger partial charge in [-0.05, 0) is 30.5 Å². The summed E-state index contributed by atoms with van der Waals surface area (Å²) >= 11 is 0. The SMILES string of the molecule is NCCN(CCN)C(=O)CC(N)(C=O)CNC(CCc1ccccc1)C(=O)Nc1cnc2ccccc2c1. The molecule has 0 spiro atoms. The van der Waals surface area contributed by atoms with Gasteiger partial charge in [-0.3, -0.25) is 14.6 Å². The van der Waals surface area contributed by atoms with Crippen LogP contribution in [0.5, 0.6) is 0 Å². The second kappa shape index (κ2) is 14.3. The number of amides is 2. The predicted octanol–water partition coefficient (Wildman–Crippen LogP) is 0.797. The molecule has 10 nitrogen and oxygen atoms in total. The molecule has 2 amide bonds. The molecule has 8 N–H and O–H groups in total. The summed E-state index contributed by atoms with van der Waals surface area (Å²) in [6, 6.07) is 18.6. The van der Waals surface area contributed by atoms with Crippen LogP contribution in [0.25, 0.3) is 10.9 Å². The fourth-order valence-corrected chi connectivity index (χ4v) is 4.18. The average Bonchev–Trinajstić information content (AvgIpc) is 2.93. The smallest absolute Gasteiger partial charge is 0.241 e. The number of fused-ring (bicyclic) bond motifs is 1. The molecule has 0 aliphatic heterocycles. The third-order valence-corrected chi connectivity index (χ3v) is 6.28. The van der Waals surface area contributed by atoms with E-state index in [1.165, 1.54) is 4.90 Å². The largest absolute Gasteiger partial charge is 0.340 e. The number of hydrogen-bond acceptors (Lipinski definition) is 8. The zero-order valence-corrected chi connectivity index (χ0v) is 21.5. The van der Waals surface area contributed by atoms with Gasteiger partial charge in [0.2, 0.25) is 11.8 Å². The molecule has 3 rings (SSSR count). The van der Waals surface area contributed by atoms with E-state index in [1.54, 1.807) is 6.20 Å². The van der Waals surface area contributed by atoms with Gasteiger partial charge in [0, 0.05) is 38.1 Å². The minimum atomic E-state index is -1.51. The van der Waals surface area contributed by atoms with Crippen LogP contribution in [0.15, 0.2) is 66.9 Å². The molecule has 0 radical (unpaired) electrons. The summed E-state index contributed by atoms with van der Waals surface area (Å²) in [6.07, 6.45) is 3.01. The number of carbonyl (C=O) groups excluding carboxylic acids is 3. The van der Waals surface area contributed by atoms with E-state index in [2.05, 4.69) is 15.6 Å². The summed E-state index contributed by atoms with van der Waals surface area (Å²) in [5.74, 6) is -0.602. The van der Waals surface area contributed by atoms with Crippen LogP contribution >= 0.6 is 0 Å². The maximum absolute atomic E-state index is 13.3. The molecule has 2 aromatic carbocycles. The Hall–Kier alpha value is -3.70. The van der Waals surface area contributed by atoms with Gasteiger partial charge in [-0.25, -0.2) is 0 Å². The van der Waals surface area contributed by atoms with Crippen LogP contribution in [-0.4, -0.2) is 72.3 Å². The monoisotopic (exact) mass is 519 g/mol. The van der Waals surface area contributed by atoms with Crippen LogP contribution in [0.1, 0.15) is 18.4 Å². The molecule has 10 heteroatoms. The van der Waals surface area contributed by atoms with Gasteiger partial charge < -0.3 is 37.5 Å². The van der Waals surface area contributed by atoms with Crippen molar-refractivity contribution in [1.82, 2.24) is 15.2 Å². The Morgan fingerprint density at radius 3 is 2.39 bits per heavy atom. The van der Waals surface area contributed by atoms with Crippen molar-refractivity contribution >= 4 is 34.7 Å². The summed E-state index contributed by atoms with van der Waals surface area (Å²) < 4.78 is 0. The van der Waals surface area contributed by atoms with Crippen molar-refractivity contribution in [1.29, 1.82) is 0 Å². The van der Waals surface area contributed by atoms with Gasteiger partial charge in [0.25, 0.3) is 0 Å². The lowest BCUT2D eigenvalue weighted by Gasteiger charge is -2.29. The third kappa shape index (κ3) is 8.42. The zero-order valence-electron chi connectivity index (χ0n) is 21.5. The highest BCUT2D eigenvalue weighted by Gasteiger charge is 2.32. The number of rotatable bonds is 15. The van der Waals surface area contributed by atoms with Gasteiger partial charge in [-0.1, -0.05) is 48.5 Å². The van der Waals surface area contributed by atoms with Crippen molar-refractivity contribution in [3.8, 4) is 0 Å². The molecule has 0 saturated carbocycles. The van der Waals surface area contributed by atoms with E-state index in [0.29, 0.717) is 37.9 Å². The Balaban J connectivity index is 1.72. The molecule has 1 heterocycles. The Morgan fingerprint density at radius 1 is 1.03 bits per heavy atom. The number of nitrogens with two attached hydrogens (primary N) is 3. The van der Waals surface area contributed by atoms with Crippen molar-refractivity contribution in [3.05, 3.63) is 72.4 Å². The number of carbonyl (C=O) groups is 3. The second-order valence-corrected chi connectivity index (χ2v) is 9.35. The van der Waals surface area contributed by atoms with Crippen LogP contribution in [0.3, 0.4) is 0 Å². The van der Waals surface area contributed by atoms with Crippen LogP contribution in [0.2, 0.25) is 0 Å². The second-order valence-electron chi connectivity index (χ2n) is 9.35. The van der Waals surface area contributed by atoms with Crippen LogP contribution < -0.4 is 27.8 Å². The summed E-state index contributed by atoms with van der Waals surface area (Å²) in [4.78, 5) is 44.0. The minimum absolute atomic E-state index is 0.0653. The molecule has 0 bridgehead atoms. The molecule has 202 valence electrons. The van der Waals surface area contributed by atoms with E-state index in [1.807, 2.05) is 60.7 Å². The summed E-state index contributed by atoms with van der Waals surface area (Å²) in [7, 11) is 0. The molecule has 2 unspecified atom stereocenters. The maximum atomic E-state index is 13.3. The van der Waals surface area contributed by atoms with E-state index >= 15 is 0 Å². The lowest BCUT2D eigenvalue weighted by atomic mass is 9.96. The fraction of sp³-hybridized carbons (Fsp3) is 0.357. The summed E-state index contributed by atoms with van der Waals surface area (Å²) in [6.45, 7) is 1.12. The molecule has 2 atom stereocenters. The Labute approximate surface area is 222 Å². The first-order valence-corrected chi connectivity index (χ1v) is 12.7. The Bertz CT molecular complexity index is 1200. The average molecular weight is 520 g/mol. The maximum Gasteiger partial charge on any atom is 0.241 e. The highest BCUT2D eigenvalue weighted by Crippen LogP contribution is 2.17. The molecule has 3 aromatic rings. The number of para-hydroxylation sites is 1. The van der Waals surface area contributed by atoms with Crippen LogP contribution in [-0.2, 0) is 20.8 Å². The number of aldehydes is 1. The number of nitrogens with zero attached hydrogens (tertiary/aromatic N) is 2. The number of anilines is 1. The first kappa shape index (κ1) is 28.9. The van der Waals surface area contributed by atoms with E-state index in [0.717, 1.165) is 16.5 Å². The number of benzene rings is 2. The molecule has 1 aromatic heterocycles. The molecule has 0 aliphatic carbocycles. The number of aromatic nitrogens is 1. The van der Waals surface area contributed by atoms with Crippen LogP contribution in [0, 0.1) is 0 Å². The number of nitrogens with one attached hydrogen (secondary N) is 2. The van der Waals surface area contributed by atoms with Crippen molar-refractivity contribution in [2.75, 3.05) is 38.0 Å². The van der Waals surface area contributed by atoms with Crippen molar-refractivity contribution < 1.29 is 14.4 Å². The Morgan fingerprint density at radius 2 is 1.71 bits per heavy atom. The lowest BCUT2D eigenvalue weighted by Crippen LogP contribution is -2.57. The third-order valence-electron chi connectivity index (χ3n) is 6.28. The molecule has 0 aliphatic rings. The fourth-order valence-electron chi connectivity index (χ4n) is 4.18. The van der Waals surface area contributed by atoms with E-state index < -0.39 is 11.6 Å². The number of hydrogen-bond donors (Lipinski definition) is 5. The standard InChI is InChI=1S/C28H37N7O3/c29-12-14-35(15-13-30)26(37)17-28(31,20-36)19-33-25(11-10-21-6-2-1-3-7-21)27(38)34-23-16-22-8-4-5-9-24(22)32-18-23/h1-9,16,18,20,25,33H,10-15,17,19,29-31H2,(H,34,38). The van der Waals surface area contributed by atoms with Gasteiger partial charge in [-0.2, -0.15) is 0 Å². The lowest BCUT2D eigenvalue weighted by molar-refractivity contribution is -0.134. The first-order valence-electron chi connectivity index (χ1n) is 12.7. The van der Waals surface area contributed by atoms with E-state index in [4.69, 9.17) is 17.2 Å². The molecule has 38 heavy (non-hydrogen) atoms. The van der Waals surface area contributed by atoms with Gasteiger partial charge in [-0.15, -0.1) is 0 Å². The summed E-state index contributed by atoms with van der Waals surface area (Å²) in [5.41, 5.74) is 18.5. The van der Waals surface area contributed by atoms with Crippen molar-refractivity contribution in [3.63, 3.8) is 0 Å². The molecule has 0 fully saturated rings. The Kier molecular flexibility index (Phi) is 10.9. The van der Waals surface area contributed by atoms with E-state index in [-0.39, 0.29) is 37.9 Å².